The molecule has 7 nitrogen and oxygen atoms in total. The minimum absolute atomic E-state index is 0.156. The van der Waals surface area contributed by atoms with Crippen LogP contribution in [-0.4, -0.2) is 26.7 Å². The number of aromatic hydroxyl groups is 2. The largest absolute Gasteiger partial charge is 0.494 e. The number of alkyl halides is 3. The van der Waals surface area contributed by atoms with E-state index in [1.165, 1.54) is 12.1 Å². The van der Waals surface area contributed by atoms with Crippen LogP contribution >= 0.6 is 0 Å². The second-order valence-corrected chi connectivity index (χ2v) is 8.19. The summed E-state index contributed by atoms with van der Waals surface area (Å²) in [5, 5.41) is 33.8. The van der Waals surface area contributed by atoms with Crippen molar-refractivity contribution in [3.05, 3.63) is 40.5 Å². The molecule has 0 unspecified atom stereocenters. The SMILES string of the molecule is CCC(=O)N[C@@H]1C[C@@]2(C)O[C@]1(C)c1c2c(O)n(-c2ccc(C#N)c(C(F)(F)F)c2)c1O. The summed E-state index contributed by atoms with van der Waals surface area (Å²) in [5.41, 5.74) is -3.64. The summed E-state index contributed by atoms with van der Waals surface area (Å²) < 4.78 is 47.3. The van der Waals surface area contributed by atoms with Gasteiger partial charge in [-0.2, -0.15) is 18.4 Å². The van der Waals surface area contributed by atoms with Gasteiger partial charge in [0.25, 0.3) is 0 Å². The molecule has 1 fully saturated rings. The van der Waals surface area contributed by atoms with E-state index in [1.807, 2.05) is 0 Å². The van der Waals surface area contributed by atoms with Gasteiger partial charge in [0, 0.05) is 12.8 Å². The Balaban J connectivity index is 1.89. The lowest BCUT2D eigenvalue weighted by molar-refractivity contribution is -0.137. The van der Waals surface area contributed by atoms with Crippen molar-refractivity contribution in [3.63, 3.8) is 0 Å². The molecule has 1 saturated heterocycles. The predicted octanol–water partition coefficient (Wildman–Crippen LogP) is 3.54. The van der Waals surface area contributed by atoms with E-state index < -0.39 is 46.3 Å². The number of nitriles is 1. The summed E-state index contributed by atoms with van der Waals surface area (Å²) in [6.07, 6.45) is -4.22. The maximum Gasteiger partial charge on any atom is 0.417 e. The van der Waals surface area contributed by atoms with Crippen LogP contribution in [0.1, 0.15) is 55.9 Å². The Kier molecular flexibility index (Phi) is 4.35. The number of hydrogen-bond donors (Lipinski definition) is 3. The summed E-state index contributed by atoms with van der Waals surface area (Å²) in [6.45, 7) is 5.05. The standard InChI is InChI=1S/C21H20F3N3O4/c1-4-14(28)26-13-8-19(2)15-16(20(13,3)31-19)18(30)27(17(15)29)11-6-5-10(9-25)12(7-11)21(22,23)24/h5-7,13,29-30H,4,8H2,1-3H3,(H,26,28)/t13-,19-,20+/m1/s1. The van der Waals surface area contributed by atoms with Crippen molar-refractivity contribution in [1.29, 1.82) is 5.26 Å². The molecule has 10 heteroatoms. The third-order valence-electron chi connectivity index (χ3n) is 6.19. The van der Waals surface area contributed by atoms with Crippen molar-refractivity contribution in [2.24, 2.45) is 0 Å². The summed E-state index contributed by atoms with van der Waals surface area (Å²) >= 11 is 0. The Morgan fingerprint density at radius 2 is 1.97 bits per heavy atom. The number of rotatable bonds is 3. The zero-order valence-corrected chi connectivity index (χ0v) is 17.0. The summed E-state index contributed by atoms with van der Waals surface area (Å²) in [5.74, 6) is -1.14. The van der Waals surface area contributed by atoms with Gasteiger partial charge in [0.15, 0.2) is 0 Å². The van der Waals surface area contributed by atoms with Crippen LogP contribution in [0.5, 0.6) is 11.8 Å². The summed E-state index contributed by atoms with van der Waals surface area (Å²) in [7, 11) is 0. The number of hydrogen-bond acceptors (Lipinski definition) is 5. The number of halogens is 3. The van der Waals surface area contributed by atoms with E-state index in [0.29, 0.717) is 12.5 Å². The molecule has 2 aliphatic heterocycles. The number of nitrogens with one attached hydrogen (secondary N) is 1. The van der Waals surface area contributed by atoms with Crippen LogP contribution in [0.2, 0.25) is 0 Å². The minimum atomic E-state index is -4.79. The first-order valence-corrected chi connectivity index (χ1v) is 9.66. The second-order valence-electron chi connectivity index (χ2n) is 8.19. The van der Waals surface area contributed by atoms with Gasteiger partial charge in [-0.15, -0.1) is 0 Å². The zero-order valence-electron chi connectivity index (χ0n) is 17.0. The average Bonchev–Trinajstić information content (AvgIpc) is 3.21. The molecule has 2 bridgehead atoms. The van der Waals surface area contributed by atoms with Gasteiger partial charge in [0.05, 0.1) is 45.7 Å². The molecule has 1 aromatic carbocycles. The molecule has 3 N–H and O–H groups in total. The number of fused-ring (bicyclic) bond motifs is 5. The molecule has 2 aliphatic rings. The first kappa shape index (κ1) is 21.1. The van der Waals surface area contributed by atoms with Crippen molar-refractivity contribution in [2.45, 2.75) is 57.0 Å². The lowest BCUT2D eigenvalue weighted by Crippen LogP contribution is -2.46. The number of carbonyl (C=O) groups is 1. The predicted molar refractivity (Wildman–Crippen MR) is 101 cm³/mol. The van der Waals surface area contributed by atoms with Crippen LogP contribution in [0.15, 0.2) is 18.2 Å². The number of ether oxygens (including phenoxy) is 1. The third kappa shape index (κ3) is 2.80. The van der Waals surface area contributed by atoms with Crippen LogP contribution in [0.3, 0.4) is 0 Å². The van der Waals surface area contributed by atoms with E-state index in [1.54, 1.807) is 20.8 Å². The highest BCUT2D eigenvalue weighted by atomic mass is 19.4. The second kappa shape index (κ2) is 6.40. The molecule has 0 aliphatic carbocycles. The van der Waals surface area contributed by atoms with Crippen molar-refractivity contribution in [3.8, 4) is 23.5 Å². The van der Waals surface area contributed by atoms with Crippen LogP contribution < -0.4 is 5.32 Å². The molecule has 1 aromatic heterocycles. The van der Waals surface area contributed by atoms with Gasteiger partial charge in [-0.25, -0.2) is 0 Å². The Labute approximate surface area is 175 Å². The van der Waals surface area contributed by atoms with Crippen molar-refractivity contribution in [2.75, 3.05) is 0 Å². The van der Waals surface area contributed by atoms with Gasteiger partial charge in [-0.05, 0) is 32.0 Å². The Hall–Kier alpha value is -3.19. The zero-order chi connectivity index (χ0) is 22.9. The topological polar surface area (TPSA) is 108 Å². The monoisotopic (exact) mass is 435 g/mol. The van der Waals surface area contributed by atoms with Crippen molar-refractivity contribution < 1.29 is 32.9 Å². The molecule has 31 heavy (non-hydrogen) atoms. The van der Waals surface area contributed by atoms with Gasteiger partial charge in [-0.3, -0.25) is 9.36 Å². The van der Waals surface area contributed by atoms with Crippen LogP contribution in [0.25, 0.3) is 5.69 Å². The van der Waals surface area contributed by atoms with Crippen molar-refractivity contribution >= 4 is 5.91 Å². The summed E-state index contributed by atoms with van der Waals surface area (Å²) in [4.78, 5) is 12.0. The molecule has 3 heterocycles. The first-order valence-electron chi connectivity index (χ1n) is 9.66. The molecule has 3 atom stereocenters. The highest BCUT2D eigenvalue weighted by molar-refractivity contribution is 5.76. The number of nitrogens with zero attached hydrogens (tertiary/aromatic N) is 2. The molecule has 0 spiro atoms. The lowest BCUT2D eigenvalue weighted by Gasteiger charge is -2.30. The van der Waals surface area contributed by atoms with Crippen LogP contribution in [0.4, 0.5) is 13.2 Å². The van der Waals surface area contributed by atoms with E-state index in [0.717, 1.165) is 10.6 Å². The van der Waals surface area contributed by atoms with Gasteiger partial charge < -0.3 is 20.3 Å². The fourth-order valence-electron chi connectivity index (χ4n) is 4.80. The number of carbonyl (C=O) groups excluding carboxylic acids is 1. The first-order chi connectivity index (χ1) is 14.4. The highest BCUT2D eigenvalue weighted by Crippen LogP contribution is 2.64. The van der Waals surface area contributed by atoms with E-state index in [2.05, 4.69) is 5.32 Å². The van der Waals surface area contributed by atoms with E-state index >= 15 is 0 Å². The Morgan fingerprint density at radius 1 is 1.32 bits per heavy atom. The number of benzene rings is 1. The molecule has 2 aromatic rings. The number of aromatic nitrogens is 1. The fraction of sp³-hybridized carbons (Fsp3) is 0.429. The normalized spacial score (nSPS) is 26.5. The molecular formula is C21H20F3N3O4. The van der Waals surface area contributed by atoms with Crippen LogP contribution in [0, 0.1) is 11.3 Å². The summed E-state index contributed by atoms with van der Waals surface area (Å²) in [6, 6.07) is 3.91. The smallest absolute Gasteiger partial charge is 0.417 e. The Morgan fingerprint density at radius 3 is 2.55 bits per heavy atom. The van der Waals surface area contributed by atoms with E-state index in [4.69, 9.17) is 10.00 Å². The molecule has 164 valence electrons. The quantitative estimate of drug-likeness (QED) is 0.684. The molecule has 4 rings (SSSR count). The minimum Gasteiger partial charge on any atom is -0.494 e. The maximum atomic E-state index is 13.4. The number of amides is 1. The van der Waals surface area contributed by atoms with Crippen LogP contribution in [-0.2, 0) is 26.9 Å². The van der Waals surface area contributed by atoms with Gasteiger partial charge in [0.2, 0.25) is 17.7 Å². The molecule has 0 saturated carbocycles. The third-order valence-corrected chi connectivity index (χ3v) is 6.19. The average molecular weight is 435 g/mol. The van der Waals surface area contributed by atoms with E-state index in [-0.39, 0.29) is 29.1 Å². The van der Waals surface area contributed by atoms with E-state index in [9.17, 15) is 28.2 Å². The molecular weight excluding hydrogens is 415 g/mol. The van der Waals surface area contributed by atoms with Gasteiger partial charge in [0.1, 0.15) is 5.60 Å². The highest BCUT2D eigenvalue weighted by Gasteiger charge is 2.64. The lowest BCUT2D eigenvalue weighted by atomic mass is 9.76. The maximum absolute atomic E-state index is 13.4. The Bertz CT molecular complexity index is 1150. The van der Waals surface area contributed by atoms with Gasteiger partial charge in [-0.1, -0.05) is 6.92 Å². The van der Waals surface area contributed by atoms with Gasteiger partial charge >= 0.3 is 6.18 Å². The fourth-order valence-corrected chi connectivity index (χ4v) is 4.80. The molecule has 0 radical (unpaired) electrons. The van der Waals surface area contributed by atoms with Crippen molar-refractivity contribution in [1.82, 2.24) is 9.88 Å². The molecule has 1 amide bonds.